The topological polar surface area (TPSA) is 62.1 Å². The van der Waals surface area contributed by atoms with Crippen molar-refractivity contribution < 1.29 is 8.42 Å². The van der Waals surface area contributed by atoms with Gasteiger partial charge in [0, 0.05) is 31.8 Å². The number of benzene rings is 1. The summed E-state index contributed by atoms with van der Waals surface area (Å²) < 4.78 is 22.8. The first-order valence-corrected chi connectivity index (χ1v) is 9.22. The largest absolute Gasteiger partial charge is 0.350 e. The van der Waals surface area contributed by atoms with E-state index in [0.717, 1.165) is 18.9 Å². The van der Waals surface area contributed by atoms with Gasteiger partial charge in [-0.1, -0.05) is 5.73 Å². The number of aliphatic imine (C=N–C) groups is 2. The maximum absolute atomic E-state index is 11.4. The predicted octanol–water partition coefficient (Wildman–Crippen LogP) is 2.74. The highest BCUT2D eigenvalue weighted by atomic mass is 32.2. The second-order valence-electron chi connectivity index (χ2n) is 4.98. The van der Waals surface area contributed by atoms with E-state index in [1.165, 1.54) is 6.26 Å². The average molecular weight is 329 g/mol. The minimum absolute atomic E-state index is 0.279. The standard InChI is InChI=1S/C17H19N3O2S/c1-4-20(5-2)17-11-6-14(13-19-17)12-18-15-7-9-16(10-8-15)23(3,21)22/h7-10,12-13H,4-5H2,1-3H3. The molecule has 0 radical (unpaired) electrons. The second kappa shape index (κ2) is 7.25. The molecule has 0 bridgehead atoms. The molecule has 1 aromatic rings. The van der Waals surface area contributed by atoms with Crippen LogP contribution in [-0.4, -0.2) is 45.1 Å². The third-order valence-corrected chi connectivity index (χ3v) is 4.45. The molecule has 23 heavy (non-hydrogen) atoms. The molecule has 0 saturated carbocycles. The molecule has 0 N–H and O–H groups in total. The van der Waals surface area contributed by atoms with Crippen LogP contribution in [0.5, 0.6) is 0 Å². The normalized spacial score (nSPS) is 14.0. The van der Waals surface area contributed by atoms with Crippen LogP contribution < -0.4 is 0 Å². The summed E-state index contributed by atoms with van der Waals surface area (Å²) in [6.45, 7) is 5.87. The van der Waals surface area contributed by atoms with Crippen molar-refractivity contribution in [2.75, 3.05) is 19.3 Å². The average Bonchev–Trinajstić information content (AvgIpc) is 2.55. The van der Waals surface area contributed by atoms with Crippen LogP contribution in [0.3, 0.4) is 0 Å². The van der Waals surface area contributed by atoms with E-state index >= 15 is 0 Å². The SMILES string of the molecule is CCN(CC)C1=C=C=C(C=Nc2ccc(S(C)(=O)=O)cc2)C=N1. The first-order chi connectivity index (χ1) is 10.9. The first kappa shape index (κ1) is 17.0. The lowest BCUT2D eigenvalue weighted by Crippen LogP contribution is -2.21. The first-order valence-electron chi connectivity index (χ1n) is 7.33. The minimum atomic E-state index is -3.18. The van der Waals surface area contributed by atoms with Gasteiger partial charge in [0.15, 0.2) is 15.7 Å². The molecule has 0 aromatic heterocycles. The van der Waals surface area contributed by atoms with Crippen LogP contribution in [0, 0.1) is 0 Å². The molecule has 1 aromatic carbocycles. The molecule has 0 spiro atoms. The van der Waals surface area contributed by atoms with Gasteiger partial charge in [-0.15, -0.1) is 0 Å². The van der Waals surface area contributed by atoms with Crippen molar-refractivity contribution >= 4 is 28.0 Å². The van der Waals surface area contributed by atoms with Crippen molar-refractivity contribution in [2.45, 2.75) is 18.7 Å². The molecule has 5 nitrogen and oxygen atoms in total. The lowest BCUT2D eigenvalue weighted by atomic mass is 10.3. The van der Waals surface area contributed by atoms with Crippen LogP contribution in [0.15, 0.2) is 62.0 Å². The molecule has 0 saturated heterocycles. The lowest BCUT2D eigenvalue weighted by Gasteiger charge is -2.19. The predicted molar refractivity (Wildman–Crippen MR) is 93.2 cm³/mol. The number of sulfone groups is 1. The van der Waals surface area contributed by atoms with E-state index in [4.69, 9.17) is 0 Å². The summed E-state index contributed by atoms with van der Waals surface area (Å²) in [5, 5.41) is 0. The molecule has 6 heteroatoms. The molecule has 0 amide bonds. The van der Waals surface area contributed by atoms with Crippen LogP contribution >= 0.6 is 0 Å². The Labute approximate surface area is 137 Å². The van der Waals surface area contributed by atoms with Gasteiger partial charge >= 0.3 is 0 Å². The fourth-order valence-electron chi connectivity index (χ4n) is 2.00. The number of hydrogen-bond acceptors (Lipinski definition) is 5. The van der Waals surface area contributed by atoms with Crippen molar-refractivity contribution in [3.8, 4) is 0 Å². The Morgan fingerprint density at radius 2 is 1.83 bits per heavy atom. The Kier molecular flexibility index (Phi) is 5.35. The Morgan fingerprint density at radius 3 is 2.30 bits per heavy atom. The van der Waals surface area contributed by atoms with Crippen molar-refractivity contribution in [2.24, 2.45) is 9.98 Å². The molecular weight excluding hydrogens is 310 g/mol. The second-order valence-corrected chi connectivity index (χ2v) is 7.00. The molecule has 0 atom stereocenters. The molecular formula is C17H19N3O2S. The van der Waals surface area contributed by atoms with Crippen molar-refractivity contribution in [1.29, 1.82) is 0 Å². The molecule has 1 aliphatic rings. The van der Waals surface area contributed by atoms with Gasteiger partial charge in [0.25, 0.3) is 0 Å². The highest BCUT2D eigenvalue weighted by molar-refractivity contribution is 7.90. The molecule has 0 unspecified atom stereocenters. The van der Waals surface area contributed by atoms with E-state index in [-0.39, 0.29) is 4.90 Å². The Bertz CT molecular complexity index is 832. The maximum atomic E-state index is 11.4. The van der Waals surface area contributed by atoms with Crippen molar-refractivity contribution in [3.63, 3.8) is 0 Å². The number of hydrogen-bond donors (Lipinski definition) is 0. The Hall–Kier alpha value is -2.39. The smallest absolute Gasteiger partial charge is 0.181 e. The van der Waals surface area contributed by atoms with Crippen LogP contribution in [0.2, 0.25) is 0 Å². The summed E-state index contributed by atoms with van der Waals surface area (Å²) in [4.78, 5) is 11.0. The number of allylic oxidation sites excluding steroid dienone is 1. The van der Waals surface area contributed by atoms with Crippen molar-refractivity contribution in [1.82, 2.24) is 4.90 Å². The van der Waals surface area contributed by atoms with Gasteiger partial charge in [0.2, 0.25) is 0 Å². The van der Waals surface area contributed by atoms with E-state index in [2.05, 4.69) is 40.2 Å². The summed E-state index contributed by atoms with van der Waals surface area (Å²) in [6, 6.07) is 6.40. The molecule has 120 valence electrons. The zero-order valence-electron chi connectivity index (χ0n) is 13.4. The highest BCUT2D eigenvalue weighted by Gasteiger charge is 2.06. The number of nitrogens with zero attached hydrogens (tertiary/aromatic N) is 3. The third-order valence-electron chi connectivity index (χ3n) is 3.33. The number of rotatable bonds is 6. The van der Waals surface area contributed by atoms with E-state index in [0.29, 0.717) is 11.3 Å². The van der Waals surface area contributed by atoms with Gasteiger partial charge in [-0.05, 0) is 43.8 Å². The van der Waals surface area contributed by atoms with Gasteiger partial charge in [-0.3, -0.25) is 4.99 Å². The minimum Gasteiger partial charge on any atom is -0.350 e. The quantitative estimate of drug-likeness (QED) is 0.595. The molecule has 0 aliphatic carbocycles. The van der Waals surface area contributed by atoms with Gasteiger partial charge < -0.3 is 4.90 Å². The van der Waals surface area contributed by atoms with E-state index in [1.807, 2.05) is 0 Å². The Morgan fingerprint density at radius 1 is 1.17 bits per heavy atom. The van der Waals surface area contributed by atoms with E-state index in [9.17, 15) is 8.42 Å². The van der Waals surface area contributed by atoms with Gasteiger partial charge in [0.05, 0.1) is 16.2 Å². The molecule has 1 heterocycles. The summed E-state index contributed by atoms with van der Waals surface area (Å²) in [5.41, 5.74) is 7.42. The fourth-order valence-corrected chi connectivity index (χ4v) is 2.63. The summed E-state index contributed by atoms with van der Waals surface area (Å²) >= 11 is 0. The molecule has 0 fully saturated rings. The summed E-state index contributed by atoms with van der Waals surface area (Å²) in [7, 11) is -3.18. The highest BCUT2D eigenvalue weighted by Crippen LogP contribution is 2.16. The van der Waals surface area contributed by atoms with Gasteiger partial charge in [-0.25, -0.2) is 13.4 Å². The van der Waals surface area contributed by atoms with E-state index < -0.39 is 9.84 Å². The van der Waals surface area contributed by atoms with Crippen LogP contribution in [0.1, 0.15) is 13.8 Å². The lowest BCUT2D eigenvalue weighted by molar-refractivity contribution is 0.380. The van der Waals surface area contributed by atoms with Gasteiger partial charge in [0.1, 0.15) is 0 Å². The summed E-state index contributed by atoms with van der Waals surface area (Å²) in [5.74, 6) is 0.768. The van der Waals surface area contributed by atoms with Crippen LogP contribution in [0.25, 0.3) is 0 Å². The summed E-state index contributed by atoms with van der Waals surface area (Å²) in [6.07, 6.45) is 4.50. The van der Waals surface area contributed by atoms with E-state index in [1.54, 1.807) is 36.7 Å². The Balaban J connectivity index is 2.18. The van der Waals surface area contributed by atoms with Gasteiger partial charge in [-0.2, -0.15) is 0 Å². The molecule has 2 rings (SSSR count). The van der Waals surface area contributed by atoms with Crippen LogP contribution in [-0.2, 0) is 9.84 Å². The third kappa shape index (κ3) is 4.54. The maximum Gasteiger partial charge on any atom is 0.181 e. The zero-order valence-corrected chi connectivity index (χ0v) is 14.3. The van der Waals surface area contributed by atoms with Crippen LogP contribution in [0.4, 0.5) is 5.69 Å². The monoisotopic (exact) mass is 329 g/mol. The zero-order chi connectivity index (χ0) is 16.9. The molecule has 1 aliphatic heterocycles. The van der Waals surface area contributed by atoms with Crippen molar-refractivity contribution in [3.05, 3.63) is 47.1 Å². The fraction of sp³-hybridized carbons (Fsp3) is 0.294.